The molecular formula is C24H24FNO4S. The van der Waals surface area contributed by atoms with Gasteiger partial charge in [0.2, 0.25) is 0 Å². The standard InChI is InChI=1S/C24H24FNO4S/c1-3-18(2)26(24(27)20-7-5-4-6-8-20)17-19-9-13-22(14-10-19)30-31(28,29)23-15-11-21(25)12-16-23/h4-16,18H,3,17H2,1-2H3. The van der Waals surface area contributed by atoms with Crippen molar-refractivity contribution in [3.05, 3.63) is 95.8 Å². The first-order valence-electron chi connectivity index (χ1n) is 9.95. The van der Waals surface area contributed by atoms with Crippen LogP contribution in [0.4, 0.5) is 4.39 Å². The van der Waals surface area contributed by atoms with E-state index in [4.69, 9.17) is 4.18 Å². The number of carbonyl (C=O) groups excluding carboxylic acids is 1. The molecular weight excluding hydrogens is 417 g/mol. The molecule has 3 rings (SSSR count). The van der Waals surface area contributed by atoms with Gasteiger partial charge in [0.05, 0.1) is 0 Å². The first-order chi connectivity index (χ1) is 14.8. The van der Waals surface area contributed by atoms with Crippen molar-refractivity contribution in [1.29, 1.82) is 0 Å². The number of rotatable bonds is 8. The van der Waals surface area contributed by atoms with Gasteiger partial charge in [0.1, 0.15) is 16.5 Å². The molecule has 0 fully saturated rings. The van der Waals surface area contributed by atoms with E-state index in [1.165, 1.54) is 12.1 Å². The second-order valence-electron chi connectivity index (χ2n) is 7.19. The maximum atomic E-state index is 13.0. The van der Waals surface area contributed by atoms with E-state index in [1.807, 2.05) is 32.0 Å². The van der Waals surface area contributed by atoms with Crippen molar-refractivity contribution in [2.45, 2.75) is 37.8 Å². The van der Waals surface area contributed by atoms with Gasteiger partial charge >= 0.3 is 10.1 Å². The Morgan fingerprint density at radius 3 is 2.16 bits per heavy atom. The van der Waals surface area contributed by atoms with Gasteiger partial charge in [0.25, 0.3) is 5.91 Å². The van der Waals surface area contributed by atoms with Gasteiger partial charge in [-0.2, -0.15) is 8.42 Å². The van der Waals surface area contributed by atoms with Gasteiger partial charge in [0.15, 0.2) is 0 Å². The van der Waals surface area contributed by atoms with E-state index in [0.717, 1.165) is 36.2 Å². The van der Waals surface area contributed by atoms with E-state index in [-0.39, 0.29) is 22.6 Å². The van der Waals surface area contributed by atoms with E-state index in [1.54, 1.807) is 29.2 Å². The van der Waals surface area contributed by atoms with Gasteiger partial charge in [-0.3, -0.25) is 4.79 Å². The first kappa shape index (κ1) is 22.5. The highest BCUT2D eigenvalue weighted by Crippen LogP contribution is 2.21. The summed E-state index contributed by atoms with van der Waals surface area (Å²) in [5.74, 6) is -0.453. The smallest absolute Gasteiger partial charge is 0.339 e. The predicted octanol–water partition coefficient (Wildman–Crippen LogP) is 5.03. The van der Waals surface area contributed by atoms with Crippen LogP contribution in [-0.4, -0.2) is 25.3 Å². The van der Waals surface area contributed by atoms with Crippen LogP contribution in [0.3, 0.4) is 0 Å². The molecule has 0 saturated heterocycles. The molecule has 1 amide bonds. The van der Waals surface area contributed by atoms with E-state index >= 15 is 0 Å². The minimum atomic E-state index is -4.06. The second-order valence-corrected chi connectivity index (χ2v) is 8.74. The number of amides is 1. The van der Waals surface area contributed by atoms with Crippen LogP contribution in [0.5, 0.6) is 5.75 Å². The molecule has 0 aliphatic rings. The van der Waals surface area contributed by atoms with Crippen molar-refractivity contribution in [2.75, 3.05) is 0 Å². The van der Waals surface area contributed by atoms with Crippen LogP contribution in [-0.2, 0) is 16.7 Å². The van der Waals surface area contributed by atoms with Crippen LogP contribution in [0.25, 0.3) is 0 Å². The molecule has 1 atom stereocenters. The zero-order valence-corrected chi connectivity index (χ0v) is 18.2. The largest absolute Gasteiger partial charge is 0.379 e. The third kappa shape index (κ3) is 5.70. The maximum Gasteiger partial charge on any atom is 0.339 e. The lowest BCUT2D eigenvalue weighted by Gasteiger charge is -2.29. The van der Waals surface area contributed by atoms with Crippen LogP contribution < -0.4 is 4.18 Å². The molecule has 31 heavy (non-hydrogen) atoms. The first-order valence-corrected chi connectivity index (χ1v) is 11.4. The van der Waals surface area contributed by atoms with Crippen LogP contribution in [0.2, 0.25) is 0 Å². The third-order valence-electron chi connectivity index (χ3n) is 4.99. The van der Waals surface area contributed by atoms with Gasteiger partial charge in [-0.15, -0.1) is 0 Å². The summed E-state index contributed by atoms with van der Waals surface area (Å²) in [6, 6.07) is 20.1. The highest BCUT2D eigenvalue weighted by molar-refractivity contribution is 7.87. The van der Waals surface area contributed by atoms with Crippen LogP contribution >= 0.6 is 0 Å². The molecule has 162 valence electrons. The summed E-state index contributed by atoms with van der Waals surface area (Å²) in [5.41, 5.74) is 1.46. The molecule has 3 aromatic carbocycles. The second kappa shape index (κ2) is 9.75. The SMILES string of the molecule is CCC(C)N(Cc1ccc(OS(=O)(=O)c2ccc(F)cc2)cc1)C(=O)c1ccccc1. The Morgan fingerprint density at radius 2 is 1.58 bits per heavy atom. The van der Waals surface area contributed by atoms with Crippen molar-refractivity contribution < 1.29 is 21.8 Å². The van der Waals surface area contributed by atoms with Crippen molar-refractivity contribution in [1.82, 2.24) is 4.90 Å². The minimum Gasteiger partial charge on any atom is -0.379 e. The summed E-state index contributed by atoms with van der Waals surface area (Å²) in [5, 5.41) is 0. The fourth-order valence-corrected chi connectivity index (χ4v) is 3.95. The van der Waals surface area contributed by atoms with Gasteiger partial charge in [0, 0.05) is 18.2 Å². The minimum absolute atomic E-state index is 0.0301. The van der Waals surface area contributed by atoms with E-state index in [0.29, 0.717) is 12.1 Å². The summed E-state index contributed by atoms with van der Waals surface area (Å²) in [6.07, 6.45) is 0.801. The lowest BCUT2D eigenvalue weighted by molar-refractivity contribution is 0.0671. The van der Waals surface area contributed by atoms with Gasteiger partial charge in [-0.1, -0.05) is 37.3 Å². The molecule has 0 radical (unpaired) electrons. The number of hydrogen-bond donors (Lipinski definition) is 0. The van der Waals surface area contributed by atoms with Gasteiger partial charge in [-0.05, 0) is 67.4 Å². The van der Waals surface area contributed by atoms with E-state index in [2.05, 4.69) is 0 Å². The highest BCUT2D eigenvalue weighted by Gasteiger charge is 2.21. The van der Waals surface area contributed by atoms with Crippen molar-refractivity contribution in [3.63, 3.8) is 0 Å². The number of nitrogens with zero attached hydrogens (tertiary/aromatic N) is 1. The molecule has 0 aliphatic carbocycles. The number of benzene rings is 3. The summed E-state index contributed by atoms with van der Waals surface area (Å²) in [4.78, 5) is 14.6. The van der Waals surface area contributed by atoms with E-state index in [9.17, 15) is 17.6 Å². The van der Waals surface area contributed by atoms with Gasteiger partial charge in [-0.25, -0.2) is 4.39 Å². The fraction of sp³-hybridized carbons (Fsp3) is 0.208. The molecule has 0 spiro atoms. The van der Waals surface area contributed by atoms with Crippen molar-refractivity contribution in [3.8, 4) is 5.75 Å². The normalized spacial score (nSPS) is 12.2. The number of carbonyl (C=O) groups is 1. The molecule has 0 aromatic heterocycles. The predicted molar refractivity (Wildman–Crippen MR) is 117 cm³/mol. The monoisotopic (exact) mass is 441 g/mol. The van der Waals surface area contributed by atoms with Crippen LogP contribution in [0.1, 0.15) is 36.2 Å². The number of hydrogen-bond acceptors (Lipinski definition) is 4. The fourth-order valence-electron chi connectivity index (χ4n) is 3.02. The number of halogens is 1. The Hall–Kier alpha value is -3.19. The Morgan fingerprint density at radius 1 is 0.968 bits per heavy atom. The van der Waals surface area contributed by atoms with Crippen LogP contribution in [0.15, 0.2) is 83.8 Å². The lowest BCUT2D eigenvalue weighted by Crippen LogP contribution is -2.37. The molecule has 5 nitrogen and oxygen atoms in total. The summed E-state index contributed by atoms with van der Waals surface area (Å²) in [6.45, 7) is 4.40. The summed E-state index contributed by atoms with van der Waals surface area (Å²) < 4.78 is 42.9. The zero-order valence-electron chi connectivity index (χ0n) is 17.4. The van der Waals surface area contributed by atoms with Crippen molar-refractivity contribution >= 4 is 16.0 Å². The Bertz CT molecular complexity index is 1110. The summed E-state index contributed by atoms with van der Waals surface area (Å²) in [7, 11) is -4.06. The molecule has 0 aliphatic heterocycles. The molecule has 0 N–H and O–H groups in total. The molecule has 0 saturated carbocycles. The molecule has 0 bridgehead atoms. The average molecular weight is 442 g/mol. The topological polar surface area (TPSA) is 63.7 Å². The quantitative estimate of drug-likeness (QED) is 0.460. The Labute approximate surface area is 182 Å². The Kier molecular flexibility index (Phi) is 7.07. The molecule has 1 unspecified atom stereocenters. The Balaban J connectivity index is 1.75. The highest BCUT2D eigenvalue weighted by atomic mass is 32.2. The average Bonchev–Trinajstić information content (AvgIpc) is 2.78. The van der Waals surface area contributed by atoms with Crippen LogP contribution in [0, 0.1) is 5.82 Å². The zero-order chi connectivity index (χ0) is 22.4. The summed E-state index contributed by atoms with van der Waals surface area (Å²) >= 11 is 0. The molecule has 3 aromatic rings. The third-order valence-corrected chi connectivity index (χ3v) is 6.25. The van der Waals surface area contributed by atoms with Gasteiger partial charge < -0.3 is 9.08 Å². The maximum absolute atomic E-state index is 13.0. The van der Waals surface area contributed by atoms with Crippen molar-refractivity contribution in [2.24, 2.45) is 0 Å². The molecule has 0 heterocycles. The molecule has 7 heteroatoms. The van der Waals surface area contributed by atoms with E-state index < -0.39 is 15.9 Å². The lowest BCUT2D eigenvalue weighted by atomic mass is 10.1.